The maximum atomic E-state index is 10.6. The summed E-state index contributed by atoms with van der Waals surface area (Å²) < 4.78 is 5.04. The summed E-state index contributed by atoms with van der Waals surface area (Å²) in [6, 6.07) is 0. The lowest BCUT2D eigenvalue weighted by Crippen LogP contribution is -2.52. The van der Waals surface area contributed by atoms with Gasteiger partial charge in [-0.25, -0.2) is 0 Å². The number of hydrogen-bond acceptors (Lipinski definition) is 2. The number of carbonyl (C=O) groups excluding carboxylic acids is 1. The maximum absolute atomic E-state index is 10.6. The van der Waals surface area contributed by atoms with E-state index in [1.165, 1.54) is 6.92 Å². The first-order valence-corrected chi connectivity index (χ1v) is 4.18. The summed E-state index contributed by atoms with van der Waals surface area (Å²) >= 11 is 5.87. The molecular weight excluding hydrogens is 164 g/mol. The van der Waals surface area contributed by atoms with Crippen LogP contribution in [0.4, 0.5) is 0 Å². The van der Waals surface area contributed by atoms with E-state index in [0.717, 1.165) is 6.42 Å². The van der Waals surface area contributed by atoms with Crippen molar-refractivity contribution in [2.75, 3.05) is 0 Å². The predicted molar refractivity (Wildman–Crippen MR) is 43.6 cm³/mol. The van der Waals surface area contributed by atoms with Gasteiger partial charge in [-0.3, -0.25) is 4.79 Å². The Bertz CT molecular complexity index is 177. The highest BCUT2D eigenvalue weighted by Gasteiger charge is 2.48. The van der Waals surface area contributed by atoms with Crippen LogP contribution in [-0.4, -0.2) is 17.5 Å². The van der Waals surface area contributed by atoms with Crippen LogP contribution < -0.4 is 0 Å². The largest absolute Gasteiger partial charge is 0.460 e. The van der Waals surface area contributed by atoms with Gasteiger partial charge in [-0.05, 0) is 6.42 Å². The summed E-state index contributed by atoms with van der Waals surface area (Å²) in [6.07, 6.45) is 0.827. The molecule has 0 radical (unpaired) electrons. The Morgan fingerprint density at radius 2 is 2.18 bits per heavy atom. The molecule has 1 fully saturated rings. The minimum atomic E-state index is -0.242. The van der Waals surface area contributed by atoms with Gasteiger partial charge in [-0.2, -0.15) is 0 Å². The van der Waals surface area contributed by atoms with E-state index in [9.17, 15) is 4.79 Å². The van der Waals surface area contributed by atoms with Crippen molar-refractivity contribution in [2.24, 2.45) is 5.41 Å². The lowest BCUT2D eigenvalue weighted by molar-refractivity contribution is -0.161. The fourth-order valence-electron chi connectivity index (χ4n) is 1.47. The third-order valence-electron chi connectivity index (χ3n) is 2.11. The molecule has 0 spiro atoms. The van der Waals surface area contributed by atoms with Gasteiger partial charge in [0.15, 0.2) is 0 Å². The third kappa shape index (κ3) is 1.67. The zero-order chi connectivity index (χ0) is 8.65. The highest BCUT2D eigenvalue weighted by molar-refractivity contribution is 6.21. The minimum absolute atomic E-state index is 0.00824. The number of carbonyl (C=O) groups is 1. The van der Waals surface area contributed by atoms with Gasteiger partial charge in [-0.1, -0.05) is 13.8 Å². The van der Waals surface area contributed by atoms with Gasteiger partial charge in [0.25, 0.3) is 0 Å². The number of rotatable bonds is 1. The molecule has 3 heteroatoms. The fraction of sp³-hybridized carbons (Fsp3) is 0.875. The average Bonchev–Trinajstić information content (AvgIpc) is 1.82. The molecule has 11 heavy (non-hydrogen) atoms. The summed E-state index contributed by atoms with van der Waals surface area (Å²) in [4.78, 5) is 10.6. The molecule has 0 saturated heterocycles. The molecule has 0 bridgehead atoms. The molecule has 2 nitrogen and oxygen atoms in total. The molecule has 0 aromatic rings. The van der Waals surface area contributed by atoms with E-state index in [2.05, 4.69) is 13.8 Å². The molecule has 1 saturated carbocycles. The first-order chi connectivity index (χ1) is 4.93. The number of esters is 1. The number of ether oxygens (including phenoxy) is 1. The third-order valence-corrected chi connectivity index (χ3v) is 2.50. The van der Waals surface area contributed by atoms with Crippen LogP contribution in [0.1, 0.15) is 27.2 Å². The van der Waals surface area contributed by atoms with Crippen molar-refractivity contribution in [1.29, 1.82) is 0 Å². The van der Waals surface area contributed by atoms with E-state index < -0.39 is 0 Å². The van der Waals surface area contributed by atoms with E-state index >= 15 is 0 Å². The fourth-order valence-corrected chi connectivity index (χ4v) is 2.26. The molecule has 64 valence electrons. The lowest BCUT2D eigenvalue weighted by Gasteiger charge is -2.47. The second-order valence-electron chi connectivity index (χ2n) is 3.74. The van der Waals surface area contributed by atoms with Crippen molar-refractivity contribution in [3.05, 3.63) is 0 Å². The monoisotopic (exact) mass is 176 g/mol. The Morgan fingerprint density at radius 1 is 1.64 bits per heavy atom. The van der Waals surface area contributed by atoms with Gasteiger partial charge in [0, 0.05) is 12.3 Å². The van der Waals surface area contributed by atoms with Crippen LogP contribution >= 0.6 is 11.6 Å². The first-order valence-electron chi connectivity index (χ1n) is 3.75. The number of hydrogen-bond donors (Lipinski definition) is 0. The van der Waals surface area contributed by atoms with Gasteiger partial charge in [-0.15, -0.1) is 11.6 Å². The highest BCUT2D eigenvalue weighted by Crippen LogP contribution is 2.45. The summed E-state index contributed by atoms with van der Waals surface area (Å²) in [5.41, 5.74) is 0.0675. The zero-order valence-electron chi connectivity index (χ0n) is 7.06. The molecule has 1 rings (SSSR count). The Morgan fingerprint density at radius 3 is 2.36 bits per heavy atom. The average molecular weight is 177 g/mol. The summed E-state index contributed by atoms with van der Waals surface area (Å²) in [6.45, 7) is 5.52. The van der Waals surface area contributed by atoms with Gasteiger partial charge < -0.3 is 4.74 Å². The summed E-state index contributed by atoms with van der Waals surface area (Å²) in [5.74, 6) is -0.242. The second-order valence-corrected chi connectivity index (χ2v) is 4.30. The number of halogens is 1. The molecule has 0 unspecified atom stereocenters. The lowest BCUT2D eigenvalue weighted by atomic mass is 9.69. The Hall–Kier alpha value is -0.240. The Balaban J connectivity index is 2.50. The summed E-state index contributed by atoms with van der Waals surface area (Å²) in [7, 11) is 0. The van der Waals surface area contributed by atoms with Crippen molar-refractivity contribution in [3.63, 3.8) is 0 Å². The van der Waals surface area contributed by atoms with Crippen LogP contribution in [0.25, 0.3) is 0 Å². The Kier molecular flexibility index (Phi) is 2.15. The molecule has 0 aromatic carbocycles. The van der Waals surface area contributed by atoms with Gasteiger partial charge in [0.2, 0.25) is 0 Å². The van der Waals surface area contributed by atoms with Crippen LogP contribution in [0.3, 0.4) is 0 Å². The Labute approximate surface area is 71.9 Å². The maximum Gasteiger partial charge on any atom is 0.302 e. The smallest absolute Gasteiger partial charge is 0.302 e. The zero-order valence-corrected chi connectivity index (χ0v) is 7.81. The van der Waals surface area contributed by atoms with Crippen LogP contribution in [0.15, 0.2) is 0 Å². The van der Waals surface area contributed by atoms with Crippen LogP contribution in [0.5, 0.6) is 0 Å². The second kappa shape index (κ2) is 2.67. The predicted octanol–water partition coefficient (Wildman–Crippen LogP) is 1.96. The van der Waals surface area contributed by atoms with Crippen LogP contribution in [0.2, 0.25) is 0 Å². The first kappa shape index (κ1) is 8.85. The molecule has 0 aliphatic heterocycles. The quantitative estimate of drug-likeness (QED) is 0.451. The normalized spacial score (nSPS) is 34.2. The topological polar surface area (TPSA) is 26.3 Å². The molecule has 0 aromatic heterocycles. The van der Waals surface area contributed by atoms with E-state index in [1.807, 2.05) is 0 Å². The van der Waals surface area contributed by atoms with E-state index in [1.54, 1.807) is 0 Å². The van der Waals surface area contributed by atoms with Gasteiger partial charge in [0.05, 0.1) is 5.38 Å². The molecular formula is C8H13ClO2. The minimum Gasteiger partial charge on any atom is -0.460 e. The molecule has 0 N–H and O–H groups in total. The highest BCUT2D eigenvalue weighted by atomic mass is 35.5. The van der Waals surface area contributed by atoms with Crippen LogP contribution in [0, 0.1) is 5.41 Å². The van der Waals surface area contributed by atoms with E-state index in [0.29, 0.717) is 0 Å². The van der Waals surface area contributed by atoms with E-state index in [4.69, 9.17) is 16.3 Å². The van der Waals surface area contributed by atoms with Crippen molar-refractivity contribution in [3.8, 4) is 0 Å². The molecule has 2 atom stereocenters. The van der Waals surface area contributed by atoms with Crippen molar-refractivity contribution < 1.29 is 9.53 Å². The van der Waals surface area contributed by atoms with E-state index in [-0.39, 0.29) is 22.9 Å². The molecule has 1 aliphatic rings. The SMILES string of the molecule is CC(=O)O[C@H]1[C@H](Cl)CC1(C)C. The standard InChI is InChI=1S/C8H13ClO2/c1-5(10)11-7-6(9)4-8(7,2)3/h6-7H,4H2,1-3H3/t6-,7+/m1/s1. The molecule has 1 aliphatic carbocycles. The van der Waals surface area contributed by atoms with Crippen molar-refractivity contribution in [2.45, 2.75) is 38.7 Å². The van der Waals surface area contributed by atoms with Crippen LogP contribution in [-0.2, 0) is 9.53 Å². The molecule has 0 amide bonds. The van der Waals surface area contributed by atoms with Gasteiger partial charge in [0.1, 0.15) is 6.10 Å². The van der Waals surface area contributed by atoms with Crippen molar-refractivity contribution >= 4 is 17.6 Å². The van der Waals surface area contributed by atoms with Gasteiger partial charge >= 0.3 is 5.97 Å². The number of alkyl halides is 1. The van der Waals surface area contributed by atoms with Crippen molar-refractivity contribution in [1.82, 2.24) is 0 Å². The summed E-state index contributed by atoms with van der Waals surface area (Å²) in [5, 5.41) is 0.00824. The molecule has 0 heterocycles.